The zero-order chi connectivity index (χ0) is 19.6. The summed E-state index contributed by atoms with van der Waals surface area (Å²) in [5, 5.41) is 4.10. The molecule has 0 unspecified atom stereocenters. The molecule has 2 aromatic carbocycles. The summed E-state index contributed by atoms with van der Waals surface area (Å²) in [4.78, 5) is 24.5. The van der Waals surface area contributed by atoms with Gasteiger partial charge in [-0.1, -0.05) is 40.9 Å². The summed E-state index contributed by atoms with van der Waals surface area (Å²) in [6.07, 6.45) is 0. The third-order valence-electron chi connectivity index (χ3n) is 3.52. The van der Waals surface area contributed by atoms with Crippen LogP contribution in [0.5, 0.6) is 5.75 Å². The molecule has 0 saturated heterocycles. The summed E-state index contributed by atoms with van der Waals surface area (Å²) in [5.74, 6) is -0.610. The predicted molar refractivity (Wildman–Crippen MR) is 109 cm³/mol. The number of anilines is 1. The molecular formula is C18H12Cl3NO4S. The number of rotatable bonds is 5. The van der Waals surface area contributed by atoms with Crippen LogP contribution in [0.15, 0.2) is 36.4 Å². The average molecular weight is 445 g/mol. The fraction of sp³-hybridized carbons (Fsp3) is 0.111. The molecule has 27 heavy (non-hydrogen) atoms. The van der Waals surface area contributed by atoms with Crippen LogP contribution in [0.4, 0.5) is 5.69 Å². The second-order valence-corrected chi connectivity index (χ2v) is 7.64. The smallest absolute Gasteiger partial charge is 0.350 e. The van der Waals surface area contributed by atoms with Gasteiger partial charge in [0.15, 0.2) is 6.61 Å². The van der Waals surface area contributed by atoms with Crippen molar-refractivity contribution in [3.8, 4) is 5.75 Å². The lowest BCUT2D eigenvalue weighted by Crippen LogP contribution is -2.20. The van der Waals surface area contributed by atoms with Crippen molar-refractivity contribution in [2.75, 3.05) is 19.0 Å². The lowest BCUT2D eigenvalue weighted by atomic mass is 10.2. The first-order valence-electron chi connectivity index (χ1n) is 7.57. The highest BCUT2D eigenvalue weighted by atomic mass is 35.5. The normalized spacial score (nSPS) is 10.7. The zero-order valence-electron chi connectivity index (χ0n) is 13.8. The Morgan fingerprint density at radius 2 is 1.93 bits per heavy atom. The number of amides is 1. The summed E-state index contributed by atoms with van der Waals surface area (Å²) >= 11 is 19.5. The van der Waals surface area contributed by atoms with E-state index in [4.69, 9.17) is 44.3 Å². The Balaban J connectivity index is 1.68. The number of carbonyl (C=O) groups excluding carboxylic acids is 2. The van der Waals surface area contributed by atoms with E-state index < -0.39 is 18.5 Å². The number of methoxy groups -OCH3 is 1. The van der Waals surface area contributed by atoms with Gasteiger partial charge in [-0.05, 0) is 24.3 Å². The highest BCUT2D eigenvalue weighted by molar-refractivity contribution is 7.21. The molecule has 0 saturated carbocycles. The molecule has 3 aromatic rings. The molecule has 1 amide bonds. The van der Waals surface area contributed by atoms with E-state index >= 15 is 0 Å². The first-order valence-corrected chi connectivity index (χ1v) is 9.52. The zero-order valence-corrected chi connectivity index (χ0v) is 16.9. The van der Waals surface area contributed by atoms with Crippen molar-refractivity contribution in [3.63, 3.8) is 0 Å². The van der Waals surface area contributed by atoms with E-state index in [0.717, 1.165) is 11.3 Å². The first kappa shape index (κ1) is 19.8. The molecule has 0 spiro atoms. The third kappa shape index (κ3) is 4.47. The van der Waals surface area contributed by atoms with Crippen LogP contribution in [0.25, 0.3) is 10.1 Å². The summed E-state index contributed by atoms with van der Waals surface area (Å²) in [7, 11) is 1.52. The molecular weight excluding hydrogens is 433 g/mol. The molecule has 9 heteroatoms. The maximum absolute atomic E-state index is 12.3. The second kappa shape index (κ2) is 8.35. The van der Waals surface area contributed by atoms with Crippen LogP contribution < -0.4 is 10.1 Å². The molecule has 0 fully saturated rings. The molecule has 0 aliphatic rings. The van der Waals surface area contributed by atoms with Crippen LogP contribution in [0.3, 0.4) is 0 Å². The minimum Gasteiger partial charge on any atom is -0.497 e. The minimum absolute atomic E-state index is 0.157. The number of hydrogen-bond donors (Lipinski definition) is 1. The number of benzene rings is 2. The predicted octanol–water partition coefficient (Wildman–Crippen LogP) is 5.67. The van der Waals surface area contributed by atoms with E-state index in [1.807, 2.05) is 0 Å². The van der Waals surface area contributed by atoms with Gasteiger partial charge in [0.25, 0.3) is 5.91 Å². The van der Waals surface area contributed by atoms with E-state index in [2.05, 4.69) is 5.32 Å². The van der Waals surface area contributed by atoms with Gasteiger partial charge in [0, 0.05) is 26.9 Å². The van der Waals surface area contributed by atoms with Gasteiger partial charge in [0.1, 0.15) is 10.6 Å². The summed E-state index contributed by atoms with van der Waals surface area (Å²) < 4.78 is 10.8. The second-order valence-electron chi connectivity index (χ2n) is 5.36. The van der Waals surface area contributed by atoms with Crippen LogP contribution in [0.2, 0.25) is 15.1 Å². The van der Waals surface area contributed by atoms with Crippen molar-refractivity contribution in [1.82, 2.24) is 0 Å². The van der Waals surface area contributed by atoms with Crippen LogP contribution in [-0.2, 0) is 9.53 Å². The van der Waals surface area contributed by atoms with Crippen LogP contribution in [0, 0.1) is 0 Å². The first-order chi connectivity index (χ1) is 12.9. The summed E-state index contributed by atoms with van der Waals surface area (Å²) in [5.41, 5.74) is 0.525. The summed E-state index contributed by atoms with van der Waals surface area (Å²) in [6.45, 7) is -0.463. The fourth-order valence-corrected chi connectivity index (χ4v) is 4.60. The molecule has 1 aromatic heterocycles. The Labute approximate surface area is 173 Å². The Bertz CT molecular complexity index is 1030. The molecule has 140 valence electrons. The number of halogens is 3. The SMILES string of the molecule is COc1cccc(NC(=O)COC(=O)c2sc3cc(Cl)cc(Cl)c3c2Cl)c1. The van der Waals surface area contributed by atoms with E-state index in [0.29, 0.717) is 31.6 Å². The maximum Gasteiger partial charge on any atom is 0.350 e. The average Bonchev–Trinajstić information content (AvgIpc) is 2.96. The number of carbonyl (C=O) groups is 2. The molecule has 0 atom stereocenters. The van der Waals surface area contributed by atoms with E-state index in [-0.39, 0.29) is 9.90 Å². The van der Waals surface area contributed by atoms with Gasteiger partial charge in [-0.2, -0.15) is 0 Å². The van der Waals surface area contributed by atoms with Crippen LogP contribution in [-0.4, -0.2) is 25.6 Å². The molecule has 1 N–H and O–H groups in total. The van der Waals surface area contributed by atoms with Gasteiger partial charge >= 0.3 is 5.97 Å². The Hall–Kier alpha value is -1.99. The van der Waals surface area contributed by atoms with E-state index in [9.17, 15) is 9.59 Å². The van der Waals surface area contributed by atoms with Crippen molar-refractivity contribution < 1.29 is 19.1 Å². The monoisotopic (exact) mass is 443 g/mol. The molecule has 0 bridgehead atoms. The van der Waals surface area contributed by atoms with E-state index in [1.54, 1.807) is 36.4 Å². The maximum atomic E-state index is 12.3. The van der Waals surface area contributed by atoms with Crippen molar-refractivity contribution in [3.05, 3.63) is 56.3 Å². The van der Waals surface area contributed by atoms with Gasteiger partial charge in [-0.15, -0.1) is 11.3 Å². The number of thiophene rings is 1. The van der Waals surface area contributed by atoms with Gasteiger partial charge in [-0.3, -0.25) is 4.79 Å². The molecule has 5 nitrogen and oxygen atoms in total. The lowest BCUT2D eigenvalue weighted by molar-refractivity contribution is -0.119. The highest BCUT2D eigenvalue weighted by Crippen LogP contribution is 2.41. The van der Waals surface area contributed by atoms with Gasteiger partial charge in [0.2, 0.25) is 0 Å². The van der Waals surface area contributed by atoms with Gasteiger partial charge < -0.3 is 14.8 Å². The Morgan fingerprint density at radius 3 is 2.67 bits per heavy atom. The standard InChI is InChI=1S/C18H12Cl3NO4S/c1-25-11-4-2-3-10(7-11)22-14(23)8-26-18(24)17-16(21)15-12(20)5-9(19)6-13(15)27-17/h2-7H,8H2,1H3,(H,22,23). The molecule has 0 aliphatic heterocycles. The van der Waals surface area contributed by atoms with Crippen molar-refractivity contribution >= 4 is 73.8 Å². The molecule has 0 radical (unpaired) electrons. The highest BCUT2D eigenvalue weighted by Gasteiger charge is 2.21. The lowest BCUT2D eigenvalue weighted by Gasteiger charge is -2.07. The largest absolute Gasteiger partial charge is 0.497 e. The summed E-state index contributed by atoms with van der Waals surface area (Å²) in [6, 6.07) is 10.0. The topological polar surface area (TPSA) is 64.6 Å². The molecule has 1 heterocycles. The van der Waals surface area contributed by atoms with Crippen LogP contribution >= 0.6 is 46.1 Å². The van der Waals surface area contributed by atoms with Crippen molar-refractivity contribution in [1.29, 1.82) is 0 Å². The Kier molecular flexibility index (Phi) is 6.11. The minimum atomic E-state index is -0.714. The Morgan fingerprint density at radius 1 is 1.15 bits per heavy atom. The van der Waals surface area contributed by atoms with Crippen LogP contribution in [0.1, 0.15) is 9.67 Å². The molecule has 3 rings (SSSR count). The number of esters is 1. The van der Waals surface area contributed by atoms with Crippen molar-refractivity contribution in [2.24, 2.45) is 0 Å². The molecule has 0 aliphatic carbocycles. The number of fused-ring (bicyclic) bond motifs is 1. The van der Waals surface area contributed by atoms with Gasteiger partial charge in [-0.25, -0.2) is 4.79 Å². The number of nitrogens with one attached hydrogen (secondary N) is 1. The fourth-order valence-electron chi connectivity index (χ4n) is 2.34. The van der Waals surface area contributed by atoms with E-state index in [1.165, 1.54) is 7.11 Å². The van der Waals surface area contributed by atoms with Gasteiger partial charge in [0.05, 0.1) is 17.2 Å². The number of hydrogen-bond acceptors (Lipinski definition) is 5. The third-order valence-corrected chi connectivity index (χ3v) is 5.65. The quantitative estimate of drug-likeness (QED) is 0.515. The number of ether oxygens (including phenoxy) is 2. The van der Waals surface area contributed by atoms with Crippen molar-refractivity contribution in [2.45, 2.75) is 0 Å².